The standard InChI is InChI=1S/C13H17N3/c1-3-11-4-6-12(7-5-11)9-16-13(14)10(2)8-15-16/h4-8H,3,9,14H2,1-2H3. The second-order valence-electron chi connectivity index (χ2n) is 4.04. The van der Waals surface area contributed by atoms with E-state index in [9.17, 15) is 0 Å². The average molecular weight is 215 g/mol. The quantitative estimate of drug-likeness (QED) is 0.854. The lowest BCUT2D eigenvalue weighted by atomic mass is 10.1. The third kappa shape index (κ3) is 2.08. The fourth-order valence-corrected chi connectivity index (χ4v) is 1.67. The highest BCUT2D eigenvalue weighted by molar-refractivity contribution is 5.38. The molecule has 0 aliphatic heterocycles. The number of hydrogen-bond acceptors (Lipinski definition) is 2. The van der Waals surface area contributed by atoms with Gasteiger partial charge in [0, 0.05) is 5.56 Å². The molecule has 0 unspecified atom stereocenters. The van der Waals surface area contributed by atoms with E-state index in [1.54, 1.807) is 6.20 Å². The Hall–Kier alpha value is -1.77. The number of rotatable bonds is 3. The van der Waals surface area contributed by atoms with Crippen molar-refractivity contribution in [2.75, 3.05) is 5.73 Å². The van der Waals surface area contributed by atoms with Crippen molar-refractivity contribution < 1.29 is 0 Å². The molecular formula is C13H17N3. The van der Waals surface area contributed by atoms with Crippen molar-refractivity contribution in [3.8, 4) is 0 Å². The Morgan fingerprint density at radius 3 is 2.31 bits per heavy atom. The smallest absolute Gasteiger partial charge is 0.124 e. The van der Waals surface area contributed by atoms with Gasteiger partial charge in [-0.1, -0.05) is 31.2 Å². The summed E-state index contributed by atoms with van der Waals surface area (Å²) in [6.07, 6.45) is 2.87. The van der Waals surface area contributed by atoms with E-state index in [-0.39, 0.29) is 0 Å². The summed E-state index contributed by atoms with van der Waals surface area (Å²) in [5.74, 6) is 0.750. The lowest BCUT2D eigenvalue weighted by Gasteiger charge is -2.05. The Morgan fingerprint density at radius 1 is 1.19 bits per heavy atom. The Bertz CT molecular complexity index is 468. The fourth-order valence-electron chi connectivity index (χ4n) is 1.67. The summed E-state index contributed by atoms with van der Waals surface area (Å²) < 4.78 is 1.83. The van der Waals surface area contributed by atoms with Crippen LogP contribution < -0.4 is 5.73 Å². The number of hydrogen-bond donors (Lipinski definition) is 1. The second kappa shape index (κ2) is 4.39. The minimum atomic E-state index is 0.740. The van der Waals surface area contributed by atoms with Gasteiger partial charge < -0.3 is 5.73 Å². The average Bonchev–Trinajstić information content (AvgIpc) is 2.62. The first-order valence-electron chi connectivity index (χ1n) is 5.56. The minimum absolute atomic E-state index is 0.740. The molecule has 0 atom stereocenters. The van der Waals surface area contributed by atoms with E-state index < -0.39 is 0 Å². The first-order valence-corrected chi connectivity index (χ1v) is 5.56. The molecule has 2 rings (SSSR count). The Morgan fingerprint density at radius 2 is 1.81 bits per heavy atom. The van der Waals surface area contributed by atoms with Gasteiger partial charge in [0.15, 0.2) is 0 Å². The van der Waals surface area contributed by atoms with Crippen molar-refractivity contribution in [3.05, 3.63) is 47.2 Å². The van der Waals surface area contributed by atoms with E-state index in [2.05, 4.69) is 36.3 Å². The molecule has 0 amide bonds. The molecule has 16 heavy (non-hydrogen) atoms. The summed E-state index contributed by atoms with van der Waals surface area (Å²) in [5, 5.41) is 4.24. The molecule has 0 radical (unpaired) electrons. The van der Waals surface area contributed by atoms with Gasteiger partial charge >= 0.3 is 0 Å². The van der Waals surface area contributed by atoms with Gasteiger partial charge in [-0.25, -0.2) is 4.68 Å². The maximum Gasteiger partial charge on any atom is 0.124 e. The van der Waals surface area contributed by atoms with Crippen LogP contribution in [0.3, 0.4) is 0 Å². The Kier molecular flexibility index (Phi) is 2.95. The predicted octanol–water partition coefficient (Wildman–Crippen LogP) is 2.38. The maximum absolute atomic E-state index is 5.91. The van der Waals surface area contributed by atoms with Crippen molar-refractivity contribution in [2.45, 2.75) is 26.8 Å². The van der Waals surface area contributed by atoms with Crippen LogP contribution in [-0.4, -0.2) is 9.78 Å². The highest BCUT2D eigenvalue weighted by atomic mass is 15.3. The Balaban J connectivity index is 2.17. The monoisotopic (exact) mass is 215 g/mol. The number of anilines is 1. The van der Waals surface area contributed by atoms with E-state index in [0.29, 0.717) is 0 Å². The zero-order valence-electron chi connectivity index (χ0n) is 9.77. The molecule has 0 aliphatic carbocycles. The predicted molar refractivity (Wildman–Crippen MR) is 66.3 cm³/mol. The van der Waals surface area contributed by atoms with E-state index in [0.717, 1.165) is 24.3 Å². The number of aromatic nitrogens is 2. The van der Waals surface area contributed by atoms with Crippen LogP contribution in [0.1, 0.15) is 23.6 Å². The SMILES string of the molecule is CCc1ccc(Cn2ncc(C)c2N)cc1. The third-order valence-electron chi connectivity index (χ3n) is 2.84. The van der Waals surface area contributed by atoms with E-state index >= 15 is 0 Å². The summed E-state index contributed by atoms with van der Waals surface area (Å²) in [6, 6.07) is 8.58. The lowest BCUT2D eigenvalue weighted by Crippen LogP contribution is -2.06. The first kappa shape index (κ1) is 10.7. The van der Waals surface area contributed by atoms with Gasteiger partial charge in [-0.15, -0.1) is 0 Å². The molecule has 1 heterocycles. The van der Waals surface area contributed by atoms with E-state index in [1.165, 1.54) is 11.1 Å². The van der Waals surface area contributed by atoms with E-state index in [4.69, 9.17) is 5.73 Å². The summed E-state index contributed by atoms with van der Waals surface area (Å²) in [6.45, 7) is 4.87. The largest absolute Gasteiger partial charge is 0.384 e. The molecule has 2 N–H and O–H groups in total. The van der Waals surface area contributed by atoms with Crippen LogP contribution in [0.15, 0.2) is 30.5 Å². The third-order valence-corrected chi connectivity index (χ3v) is 2.84. The maximum atomic E-state index is 5.91. The summed E-state index contributed by atoms with van der Waals surface area (Å²) >= 11 is 0. The van der Waals surface area contributed by atoms with Crippen LogP contribution in [0.25, 0.3) is 0 Å². The van der Waals surface area contributed by atoms with Crippen LogP contribution in [0, 0.1) is 6.92 Å². The second-order valence-corrected chi connectivity index (χ2v) is 4.04. The van der Waals surface area contributed by atoms with Crippen molar-refractivity contribution in [3.63, 3.8) is 0 Å². The summed E-state index contributed by atoms with van der Waals surface area (Å²) in [5.41, 5.74) is 9.52. The highest BCUT2D eigenvalue weighted by Gasteiger charge is 2.03. The molecule has 3 nitrogen and oxygen atoms in total. The lowest BCUT2D eigenvalue weighted by molar-refractivity contribution is 0.697. The van der Waals surface area contributed by atoms with Gasteiger partial charge in [0.25, 0.3) is 0 Å². The molecule has 0 spiro atoms. The van der Waals surface area contributed by atoms with Gasteiger partial charge in [-0.05, 0) is 24.5 Å². The van der Waals surface area contributed by atoms with Crippen molar-refractivity contribution in [1.82, 2.24) is 9.78 Å². The summed E-state index contributed by atoms with van der Waals surface area (Å²) in [7, 11) is 0. The van der Waals surface area contributed by atoms with Crippen LogP contribution in [0.4, 0.5) is 5.82 Å². The van der Waals surface area contributed by atoms with Gasteiger partial charge in [-0.2, -0.15) is 5.10 Å². The molecule has 0 bridgehead atoms. The number of nitrogens with zero attached hydrogens (tertiary/aromatic N) is 2. The van der Waals surface area contributed by atoms with Crippen LogP contribution in [-0.2, 0) is 13.0 Å². The number of nitrogens with two attached hydrogens (primary N) is 1. The molecule has 1 aromatic carbocycles. The summed E-state index contributed by atoms with van der Waals surface area (Å²) in [4.78, 5) is 0. The van der Waals surface area contributed by atoms with Crippen molar-refractivity contribution in [1.29, 1.82) is 0 Å². The molecule has 0 saturated carbocycles. The van der Waals surface area contributed by atoms with Crippen molar-refractivity contribution in [2.24, 2.45) is 0 Å². The van der Waals surface area contributed by atoms with Gasteiger partial charge in [-0.3, -0.25) is 0 Å². The minimum Gasteiger partial charge on any atom is -0.384 e. The fraction of sp³-hybridized carbons (Fsp3) is 0.308. The zero-order valence-corrected chi connectivity index (χ0v) is 9.77. The van der Waals surface area contributed by atoms with Crippen LogP contribution in [0.5, 0.6) is 0 Å². The zero-order chi connectivity index (χ0) is 11.5. The highest BCUT2D eigenvalue weighted by Crippen LogP contribution is 2.12. The number of aryl methyl sites for hydroxylation is 2. The first-order chi connectivity index (χ1) is 7.70. The van der Waals surface area contributed by atoms with E-state index in [1.807, 2.05) is 11.6 Å². The van der Waals surface area contributed by atoms with Crippen LogP contribution in [0.2, 0.25) is 0 Å². The molecule has 0 aliphatic rings. The molecule has 1 aromatic heterocycles. The van der Waals surface area contributed by atoms with Gasteiger partial charge in [0.2, 0.25) is 0 Å². The molecular weight excluding hydrogens is 198 g/mol. The Labute approximate surface area is 95.9 Å². The molecule has 0 saturated heterocycles. The molecule has 3 heteroatoms. The van der Waals surface area contributed by atoms with Crippen molar-refractivity contribution >= 4 is 5.82 Å². The molecule has 2 aromatic rings. The van der Waals surface area contributed by atoms with Gasteiger partial charge in [0.05, 0.1) is 12.7 Å². The van der Waals surface area contributed by atoms with Crippen LogP contribution >= 0.6 is 0 Å². The molecule has 0 fully saturated rings. The number of benzene rings is 1. The topological polar surface area (TPSA) is 43.8 Å². The normalized spacial score (nSPS) is 10.6. The molecule has 84 valence electrons. The number of nitrogen functional groups attached to an aromatic ring is 1. The van der Waals surface area contributed by atoms with Gasteiger partial charge in [0.1, 0.15) is 5.82 Å².